The average molecular weight is 266 g/mol. The smallest absolute Gasteiger partial charge is 0.414 e. The second kappa shape index (κ2) is 6.17. The van der Waals surface area contributed by atoms with Crippen molar-refractivity contribution in [1.29, 1.82) is 0 Å². The quantitative estimate of drug-likeness (QED) is 0.902. The first-order chi connectivity index (χ1) is 8.88. The number of carboxylic acids is 1. The first-order valence-corrected chi connectivity index (χ1v) is 5.91. The van der Waals surface area contributed by atoms with Gasteiger partial charge in [0.05, 0.1) is 19.0 Å². The zero-order valence-electron chi connectivity index (χ0n) is 11.5. The molecule has 0 bridgehead atoms. The maximum absolute atomic E-state index is 11.9. The van der Waals surface area contributed by atoms with E-state index >= 15 is 0 Å². The van der Waals surface area contributed by atoms with Crippen LogP contribution in [-0.4, -0.2) is 35.3 Å². The SMILES string of the molecule is COC(=O)N(c1ccc(C)nc1)[C@H](C(=O)O)C(C)C. The lowest BCUT2D eigenvalue weighted by atomic mass is 10.0. The summed E-state index contributed by atoms with van der Waals surface area (Å²) in [5, 5.41) is 9.30. The largest absolute Gasteiger partial charge is 0.480 e. The molecule has 0 aliphatic rings. The summed E-state index contributed by atoms with van der Waals surface area (Å²) >= 11 is 0. The molecule has 1 atom stereocenters. The summed E-state index contributed by atoms with van der Waals surface area (Å²) in [6.45, 7) is 5.27. The van der Waals surface area contributed by atoms with Gasteiger partial charge in [-0.05, 0) is 25.0 Å². The number of carbonyl (C=O) groups excluding carboxylic acids is 1. The number of hydrogen-bond donors (Lipinski definition) is 1. The molecule has 0 radical (unpaired) electrons. The number of aromatic nitrogens is 1. The van der Waals surface area contributed by atoms with Crippen molar-refractivity contribution in [2.45, 2.75) is 26.8 Å². The fourth-order valence-corrected chi connectivity index (χ4v) is 1.77. The molecule has 1 N–H and O–H groups in total. The third-order valence-electron chi connectivity index (χ3n) is 2.71. The molecule has 6 heteroatoms. The van der Waals surface area contributed by atoms with Crippen LogP contribution in [-0.2, 0) is 9.53 Å². The molecule has 0 spiro atoms. The lowest BCUT2D eigenvalue weighted by Gasteiger charge is -2.29. The Morgan fingerprint density at radius 1 is 1.37 bits per heavy atom. The van der Waals surface area contributed by atoms with Crippen LogP contribution in [0.3, 0.4) is 0 Å². The summed E-state index contributed by atoms with van der Waals surface area (Å²) in [4.78, 5) is 28.4. The summed E-state index contributed by atoms with van der Waals surface area (Å²) in [5.41, 5.74) is 1.18. The van der Waals surface area contributed by atoms with E-state index in [1.807, 2.05) is 6.92 Å². The van der Waals surface area contributed by atoms with Crippen LogP contribution in [0.4, 0.5) is 10.5 Å². The molecule has 1 heterocycles. The number of hydrogen-bond acceptors (Lipinski definition) is 4. The van der Waals surface area contributed by atoms with Gasteiger partial charge in [0.25, 0.3) is 0 Å². The second-order valence-corrected chi connectivity index (χ2v) is 4.52. The van der Waals surface area contributed by atoms with Crippen LogP contribution >= 0.6 is 0 Å². The van der Waals surface area contributed by atoms with Crippen molar-refractivity contribution in [1.82, 2.24) is 4.98 Å². The fraction of sp³-hybridized carbons (Fsp3) is 0.462. The van der Waals surface area contributed by atoms with Gasteiger partial charge in [0.2, 0.25) is 0 Å². The number of rotatable bonds is 4. The van der Waals surface area contributed by atoms with Gasteiger partial charge in [0, 0.05) is 5.69 Å². The number of carboxylic acid groups (broad SMARTS) is 1. The van der Waals surface area contributed by atoms with Crippen LogP contribution < -0.4 is 4.90 Å². The minimum Gasteiger partial charge on any atom is -0.480 e. The molecule has 0 aromatic carbocycles. The molecule has 1 aromatic heterocycles. The van der Waals surface area contributed by atoms with Crippen molar-refractivity contribution < 1.29 is 19.4 Å². The van der Waals surface area contributed by atoms with E-state index in [4.69, 9.17) is 0 Å². The molecule has 0 aliphatic heterocycles. The molecule has 0 aliphatic carbocycles. The van der Waals surface area contributed by atoms with Gasteiger partial charge in [-0.15, -0.1) is 0 Å². The Bertz CT molecular complexity index is 456. The molecule has 0 fully saturated rings. The Balaban J connectivity index is 3.24. The predicted molar refractivity (Wildman–Crippen MR) is 70.1 cm³/mol. The van der Waals surface area contributed by atoms with Gasteiger partial charge >= 0.3 is 12.1 Å². The zero-order valence-corrected chi connectivity index (χ0v) is 11.5. The summed E-state index contributed by atoms with van der Waals surface area (Å²) in [5.74, 6) is -1.35. The Kier molecular flexibility index (Phi) is 4.86. The highest BCUT2D eigenvalue weighted by Gasteiger charge is 2.34. The highest BCUT2D eigenvalue weighted by atomic mass is 16.5. The van der Waals surface area contributed by atoms with E-state index in [-0.39, 0.29) is 5.92 Å². The van der Waals surface area contributed by atoms with Gasteiger partial charge in [-0.1, -0.05) is 13.8 Å². The lowest BCUT2D eigenvalue weighted by Crippen LogP contribution is -2.48. The highest BCUT2D eigenvalue weighted by Crippen LogP contribution is 2.22. The number of aryl methyl sites for hydroxylation is 1. The van der Waals surface area contributed by atoms with Crippen LogP contribution in [0.25, 0.3) is 0 Å². The van der Waals surface area contributed by atoms with Gasteiger partial charge in [0.1, 0.15) is 6.04 Å². The van der Waals surface area contributed by atoms with Crippen LogP contribution in [0.1, 0.15) is 19.5 Å². The molecule has 19 heavy (non-hydrogen) atoms. The molecule has 0 unspecified atom stereocenters. The Hall–Kier alpha value is -2.11. The van der Waals surface area contributed by atoms with E-state index in [0.29, 0.717) is 5.69 Å². The molecule has 104 valence electrons. The molecular formula is C13H18N2O4. The summed E-state index contributed by atoms with van der Waals surface area (Å²) < 4.78 is 4.67. The standard InChI is InChI=1S/C13H18N2O4/c1-8(2)11(12(16)17)15(13(18)19-4)10-6-5-9(3)14-7-10/h5-8,11H,1-4H3,(H,16,17)/t11-/m0/s1. The molecule has 1 aromatic rings. The highest BCUT2D eigenvalue weighted by molar-refractivity contribution is 5.95. The van der Waals surface area contributed by atoms with Crippen molar-refractivity contribution in [2.24, 2.45) is 5.92 Å². The normalized spacial score (nSPS) is 12.1. The van der Waals surface area contributed by atoms with E-state index < -0.39 is 18.1 Å². The Labute approximate surface area is 112 Å². The molecule has 6 nitrogen and oxygen atoms in total. The van der Waals surface area contributed by atoms with E-state index in [9.17, 15) is 14.7 Å². The van der Waals surface area contributed by atoms with Crippen molar-refractivity contribution >= 4 is 17.7 Å². The number of anilines is 1. The van der Waals surface area contributed by atoms with Gasteiger partial charge in [-0.2, -0.15) is 0 Å². The topological polar surface area (TPSA) is 79.7 Å². The van der Waals surface area contributed by atoms with Crippen LogP contribution in [0.15, 0.2) is 18.3 Å². The summed E-state index contributed by atoms with van der Waals surface area (Å²) in [6, 6.07) is 2.36. The number of amides is 1. The summed E-state index contributed by atoms with van der Waals surface area (Å²) in [6.07, 6.45) is 0.747. The van der Waals surface area contributed by atoms with Crippen molar-refractivity contribution in [3.05, 3.63) is 24.0 Å². The van der Waals surface area contributed by atoms with Gasteiger partial charge in [-0.25, -0.2) is 9.59 Å². The number of carbonyl (C=O) groups is 2. The van der Waals surface area contributed by atoms with Gasteiger partial charge in [0.15, 0.2) is 0 Å². The Morgan fingerprint density at radius 2 is 2.00 bits per heavy atom. The minimum absolute atomic E-state index is 0.266. The van der Waals surface area contributed by atoms with Crippen LogP contribution in [0, 0.1) is 12.8 Å². The first kappa shape index (κ1) is 14.9. The molecule has 0 saturated heterocycles. The lowest BCUT2D eigenvalue weighted by molar-refractivity contribution is -0.139. The maximum Gasteiger partial charge on any atom is 0.414 e. The van der Waals surface area contributed by atoms with E-state index in [1.54, 1.807) is 26.0 Å². The third-order valence-corrected chi connectivity index (χ3v) is 2.71. The molecular weight excluding hydrogens is 248 g/mol. The maximum atomic E-state index is 11.9. The van der Waals surface area contributed by atoms with E-state index in [1.165, 1.54) is 13.3 Å². The number of pyridine rings is 1. The van der Waals surface area contributed by atoms with E-state index in [2.05, 4.69) is 9.72 Å². The van der Waals surface area contributed by atoms with Crippen molar-refractivity contribution in [3.8, 4) is 0 Å². The number of ether oxygens (including phenoxy) is 1. The average Bonchev–Trinajstić information content (AvgIpc) is 2.35. The number of methoxy groups -OCH3 is 1. The summed E-state index contributed by atoms with van der Waals surface area (Å²) in [7, 11) is 1.22. The monoisotopic (exact) mass is 266 g/mol. The molecule has 0 saturated carbocycles. The van der Waals surface area contributed by atoms with Crippen LogP contribution in [0.5, 0.6) is 0 Å². The Morgan fingerprint density at radius 3 is 2.37 bits per heavy atom. The van der Waals surface area contributed by atoms with Crippen LogP contribution in [0.2, 0.25) is 0 Å². The third kappa shape index (κ3) is 3.43. The predicted octanol–water partition coefficient (Wildman–Crippen LogP) is 2.07. The number of nitrogens with zero attached hydrogens (tertiary/aromatic N) is 2. The van der Waals surface area contributed by atoms with Gasteiger partial charge < -0.3 is 9.84 Å². The van der Waals surface area contributed by atoms with E-state index in [0.717, 1.165) is 10.6 Å². The van der Waals surface area contributed by atoms with Crippen molar-refractivity contribution in [2.75, 3.05) is 12.0 Å². The molecule has 1 amide bonds. The minimum atomic E-state index is -1.08. The fourth-order valence-electron chi connectivity index (χ4n) is 1.77. The number of aliphatic carboxylic acids is 1. The molecule has 1 rings (SSSR count). The zero-order chi connectivity index (χ0) is 14.6. The second-order valence-electron chi connectivity index (χ2n) is 4.52. The van der Waals surface area contributed by atoms with Crippen molar-refractivity contribution in [3.63, 3.8) is 0 Å². The first-order valence-electron chi connectivity index (χ1n) is 5.91. The van der Waals surface area contributed by atoms with Gasteiger partial charge in [-0.3, -0.25) is 9.88 Å².